The van der Waals surface area contributed by atoms with E-state index in [1.54, 1.807) is 0 Å². The van der Waals surface area contributed by atoms with Gasteiger partial charge >= 0.3 is 0 Å². The minimum Gasteiger partial charge on any atom is -0.339 e. The summed E-state index contributed by atoms with van der Waals surface area (Å²) in [6.45, 7) is 0. The standard InChI is InChI=1S/C14H16BrN3O/c15-11-5-3-4-10(8-11)13-17-12(19-18-13)9-14(16)6-1-2-7-14/h3-5,8H,1-2,6-7,9,16H2. The van der Waals surface area contributed by atoms with Crippen LogP contribution in [0.4, 0.5) is 0 Å². The molecule has 0 bridgehead atoms. The Morgan fingerprint density at radius 3 is 2.84 bits per heavy atom. The molecule has 1 fully saturated rings. The highest BCUT2D eigenvalue weighted by molar-refractivity contribution is 9.10. The molecule has 0 atom stereocenters. The van der Waals surface area contributed by atoms with Crippen LogP contribution in [0.2, 0.25) is 0 Å². The summed E-state index contributed by atoms with van der Waals surface area (Å²) in [5.74, 6) is 1.26. The van der Waals surface area contributed by atoms with Gasteiger partial charge in [0.25, 0.3) is 0 Å². The van der Waals surface area contributed by atoms with Gasteiger partial charge in [0.1, 0.15) is 0 Å². The first-order chi connectivity index (χ1) is 9.15. The summed E-state index contributed by atoms with van der Waals surface area (Å²) in [7, 11) is 0. The summed E-state index contributed by atoms with van der Waals surface area (Å²) in [6, 6.07) is 7.87. The van der Waals surface area contributed by atoms with Crippen molar-refractivity contribution in [3.8, 4) is 11.4 Å². The lowest BCUT2D eigenvalue weighted by molar-refractivity contribution is 0.329. The maximum Gasteiger partial charge on any atom is 0.228 e. The van der Waals surface area contributed by atoms with Crippen LogP contribution in [0.3, 0.4) is 0 Å². The van der Waals surface area contributed by atoms with E-state index >= 15 is 0 Å². The van der Waals surface area contributed by atoms with Crippen LogP contribution in [0.1, 0.15) is 31.6 Å². The first-order valence-corrected chi connectivity index (χ1v) is 7.31. The van der Waals surface area contributed by atoms with E-state index in [2.05, 4.69) is 26.1 Å². The maximum absolute atomic E-state index is 6.33. The Morgan fingerprint density at radius 1 is 1.32 bits per heavy atom. The average molecular weight is 322 g/mol. The molecule has 100 valence electrons. The van der Waals surface area contributed by atoms with Crippen molar-refractivity contribution in [2.45, 2.75) is 37.6 Å². The molecule has 3 rings (SSSR count). The third-order valence-corrected chi connectivity index (χ3v) is 4.15. The topological polar surface area (TPSA) is 64.9 Å². The van der Waals surface area contributed by atoms with Crippen molar-refractivity contribution < 1.29 is 4.52 Å². The van der Waals surface area contributed by atoms with Crippen molar-refractivity contribution in [3.05, 3.63) is 34.6 Å². The summed E-state index contributed by atoms with van der Waals surface area (Å²) in [6.07, 6.45) is 5.16. The molecule has 1 aliphatic carbocycles. The molecule has 0 unspecified atom stereocenters. The molecule has 1 aromatic carbocycles. The SMILES string of the molecule is NC1(Cc2nc(-c3cccc(Br)c3)no2)CCCC1. The Hall–Kier alpha value is -1.20. The molecule has 2 N–H and O–H groups in total. The van der Waals surface area contributed by atoms with Crippen LogP contribution in [0, 0.1) is 0 Å². The van der Waals surface area contributed by atoms with Gasteiger partial charge in [0.2, 0.25) is 11.7 Å². The van der Waals surface area contributed by atoms with Crippen LogP contribution >= 0.6 is 15.9 Å². The van der Waals surface area contributed by atoms with Gasteiger partial charge in [0, 0.05) is 22.0 Å². The van der Waals surface area contributed by atoms with Gasteiger partial charge in [0.05, 0.1) is 0 Å². The Balaban J connectivity index is 1.79. The minimum absolute atomic E-state index is 0.152. The lowest BCUT2D eigenvalue weighted by Crippen LogP contribution is -2.38. The highest BCUT2D eigenvalue weighted by Crippen LogP contribution is 2.30. The zero-order valence-electron chi connectivity index (χ0n) is 10.6. The number of rotatable bonds is 3. The third-order valence-electron chi connectivity index (χ3n) is 3.65. The zero-order chi connectivity index (χ0) is 13.3. The van der Waals surface area contributed by atoms with Crippen molar-refractivity contribution in [2.75, 3.05) is 0 Å². The van der Waals surface area contributed by atoms with Crippen molar-refractivity contribution >= 4 is 15.9 Å². The van der Waals surface area contributed by atoms with Crippen LogP contribution in [0.5, 0.6) is 0 Å². The van der Waals surface area contributed by atoms with Crippen molar-refractivity contribution in [1.82, 2.24) is 10.1 Å². The minimum atomic E-state index is -0.152. The molecular weight excluding hydrogens is 306 g/mol. The summed E-state index contributed by atoms with van der Waals surface area (Å²) in [5.41, 5.74) is 7.12. The molecule has 2 aromatic rings. The number of hydrogen-bond donors (Lipinski definition) is 1. The quantitative estimate of drug-likeness (QED) is 0.941. The monoisotopic (exact) mass is 321 g/mol. The van der Waals surface area contributed by atoms with Gasteiger partial charge in [0.15, 0.2) is 0 Å². The van der Waals surface area contributed by atoms with E-state index in [1.165, 1.54) is 12.8 Å². The molecule has 0 aliphatic heterocycles. The Bertz CT molecular complexity index is 576. The first-order valence-electron chi connectivity index (χ1n) is 6.52. The molecule has 19 heavy (non-hydrogen) atoms. The second-order valence-corrected chi connectivity index (χ2v) is 6.18. The van der Waals surface area contributed by atoms with Crippen LogP contribution in [0.15, 0.2) is 33.3 Å². The van der Waals surface area contributed by atoms with Crippen molar-refractivity contribution in [1.29, 1.82) is 0 Å². The van der Waals surface area contributed by atoms with Crippen molar-refractivity contribution in [3.63, 3.8) is 0 Å². The third kappa shape index (κ3) is 2.87. The molecule has 0 radical (unpaired) electrons. The average Bonchev–Trinajstić information content (AvgIpc) is 2.99. The van der Waals surface area contributed by atoms with E-state index in [9.17, 15) is 0 Å². The lowest BCUT2D eigenvalue weighted by Gasteiger charge is -2.20. The van der Waals surface area contributed by atoms with Gasteiger partial charge in [-0.2, -0.15) is 4.98 Å². The number of benzene rings is 1. The van der Waals surface area contributed by atoms with E-state index in [0.717, 1.165) is 22.9 Å². The highest BCUT2D eigenvalue weighted by Gasteiger charge is 2.31. The molecule has 1 saturated carbocycles. The predicted octanol–water partition coefficient (Wildman–Crippen LogP) is 3.31. The molecule has 1 aromatic heterocycles. The first kappa shape index (κ1) is 12.8. The van der Waals surface area contributed by atoms with E-state index in [4.69, 9.17) is 10.3 Å². The molecule has 0 saturated heterocycles. The number of aromatic nitrogens is 2. The van der Waals surface area contributed by atoms with Crippen LogP contribution < -0.4 is 5.73 Å². The van der Waals surface area contributed by atoms with Crippen LogP contribution in [-0.2, 0) is 6.42 Å². The smallest absolute Gasteiger partial charge is 0.228 e. The molecule has 1 aliphatic rings. The normalized spacial score (nSPS) is 17.8. The van der Waals surface area contributed by atoms with E-state index in [1.807, 2.05) is 24.3 Å². The summed E-state index contributed by atoms with van der Waals surface area (Å²) >= 11 is 3.44. The van der Waals surface area contributed by atoms with E-state index in [-0.39, 0.29) is 5.54 Å². The van der Waals surface area contributed by atoms with Gasteiger partial charge in [-0.05, 0) is 25.0 Å². The summed E-state index contributed by atoms with van der Waals surface area (Å²) in [5, 5.41) is 4.04. The van der Waals surface area contributed by atoms with Crippen LogP contribution in [0.25, 0.3) is 11.4 Å². The summed E-state index contributed by atoms with van der Waals surface area (Å²) in [4.78, 5) is 4.45. The van der Waals surface area contributed by atoms with Gasteiger partial charge in [-0.1, -0.05) is 46.1 Å². The zero-order valence-corrected chi connectivity index (χ0v) is 12.2. The molecular formula is C14H16BrN3O. The number of halogens is 1. The number of nitrogens with zero attached hydrogens (tertiary/aromatic N) is 2. The van der Waals surface area contributed by atoms with E-state index < -0.39 is 0 Å². The largest absolute Gasteiger partial charge is 0.339 e. The molecule has 5 heteroatoms. The molecule has 0 amide bonds. The predicted molar refractivity (Wildman–Crippen MR) is 76.5 cm³/mol. The fourth-order valence-corrected chi connectivity index (χ4v) is 3.03. The van der Waals surface area contributed by atoms with Gasteiger partial charge < -0.3 is 10.3 Å². The van der Waals surface area contributed by atoms with Crippen molar-refractivity contribution in [2.24, 2.45) is 5.73 Å². The van der Waals surface area contributed by atoms with Gasteiger partial charge in [-0.3, -0.25) is 0 Å². The number of hydrogen-bond acceptors (Lipinski definition) is 4. The Labute approximate surface area is 120 Å². The fourth-order valence-electron chi connectivity index (χ4n) is 2.63. The van der Waals surface area contributed by atoms with Gasteiger partial charge in [-0.25, -0.2) is 0 Å². The Morgan fingerprint density at radius 2 is 2.11 bits per heavy atom. The Kier molecular flexibility index (Phi) is 3.41. The number of nitrogens with two attached hydrogens (primary N) is 1. The second-order valence-electron chi connectivity index (χ2n) is 5.27. The highest BCUT2D eigenvalue weighted by atomic mass is 79.9. The lowest BCUT2D eigenvalue weighted by atomic mass is 9.95. The molecule has 0 spiro atoms. The second kappa shape index (κ2) is 5.06. The fraction of sp³-hybridized carbons (Fsp3) is 0.429. The molecule has 1 heterocycles. The van der Waals surface area contributed by atoms with Gasteiger partial charge in [-0.15, -0.1) is 0 Å². The molecule has 4 nitrogen and oxygen atoms in total. The van der Waals surface area contributed by atoms with E-state index in [0.29, 0.717) is 18.1 Å². The van der Waals surface area contributed by atoms with Crippen LogP contribution in [-0.4, -0.2) is 15.7 Å². The maximum atomic E-state index is 6.33. The summed E-state index contributed by atoms with van der Waals surface area (Å²) < 4.78 is 6.33.